The number of benzene rings is 4. The number of amides is 3. The first-order valence-corrected chi connectivity index (χ1v) is 28.3. The van der Waals surface area contributed by atoms with E-state index in [0.29, 0.717) is 101 Å². The highest BCUT2D eigenvalue weighted by Crippen LogP contribution is 2.40. The van der Waals surface area contributed by atoms with Gasteiger partial charge in [-0.1, -0.05) is 68.4 Å². The van der Waals surface area contributed by atoms with Crippen LogP contribution in [0, 0.1) is 17.2 Å². The molecular formula is C60H67ClF3N13O6. The summed E-state index contributed by atoms with van der Waals surface area (Å²) in [5.74, 6) is -1.77. The van der Waals surface area contributed by atoms with Crippen molar-refractivity contribution in [2.75, 3.05) is 82.9 Å². The van der Waals surface area contributed by atoms with E-state index in [9.17, 15) is 43.0 Å². The van der Waals surface area contributed by atoms with Gasteiger partial charge in [-0.25, -0.2) is 0 Å². The molecule has 3 N–H and O–H groups in total. The number of ether oxygens (including phenoxy) is 1. The molecule has 1 unspecified atom stereocenters. The van der Waals surface area contributed by atoms with E-state index in [-0.39, 0.29) is 83.7 Å². The average Bonchev–Trinajstić information content (AvgIpc) is 4.16. The fourth-order valence-corrected chi connectivity index (χ4v) is 12.3. The van der Waals surface area contributed by atoms with Crippen LogP contribution in [0.5, 0.6) is 17.5 Å². The summed E-state index contributed by atoms with van der Waals surface area (Å²) in [6.07, 6.45) is -0.571. The quantitative estimate of drug-likeness (QED) is 0.0788. The highest BCUT2D eigenvalue weighted by Gasteiger charge is 2.39. The number of anilines is 2. The third kappa shape index (κ3) is 12.5. The van der Waals surface area contributed by atoms with Crippen LogP contribution in [0.15, 0.2) is 85.5 Å². The average molecular weight is 1160 g/mol. The molecule has 4 aliphatic rings. The number of aromatic hydroxyl groups is 2. The van der Waals surface area contributed by atoms with E-state index in [2.05, 4.69) is 60.6 Å². The lowest BCUT2D eigenvalue weighted by atomic mass is 9.94. The van der Waals surface area contributed by atoms with Crippen LogP contribution < -0.4 is 19.9 Å². The van der Waals surface area contributed by atoms with Gasteiger partial charge in [-0.3, -0.25) is 28.8 Å². The number of nitriles is 1. The van der Waals surface area contributed by atoms with E-state index >= 15 is 0 Å². The van der Waals surface area contributed by atoms with E-state index in [0.717, 1.165) is 45.2 Å². The van der Waals surface area contributed by atoms with Gasteiger partial charge in [-0.05, 0) is 105 Å². The molecule has 19 nitrogen and oxygen atoms in total. The number of phenolic OH excluding ortho intramolecular Hbond substituents is 2. The molecule has 3 atom stereocenters. The van der Waals surface area contributed by atoms with Gasteiger partial charge in [0.1, 0.15) is 30.5 Å². The van der Waals surface area contributed by atoms with E-state index < -0.39 is 24.5 Å². The predicted octanol–water partition coefficient (Wildman–Crippen LogP) is 7.86. The van der Waals surface area contributed by atoms with Gasteiger partial charge in [-0.2, -0.15) is 28.4 Å². The summed E-state index contributed by atoms with van der Waals surface area (Å²) in [4.78, 5) is 62.9. The predicted molar refractivity (Wildman–Crippen MR) is 308 cm³/mol. The molecule has 0 saturated carbocycles. The number of carbonyl (C=O) groups excluding carboxylic acids is 3. The van der Waals surface area contributed by atoms with Gasteiger partial charge in [0.05, 0.1) is 41.4 Å². The summed E-state index contributed by atoms with van der Waals surface area (Å²) in [6.45, 7) is 11.1. The van der Waals surface area contributed by atoms with Crippen LogP contribution in [-0.4, -0.2) is 170 Å². The summed E-state index contributed by atoms with van der Waals surface area (Å²) in [7, 11) is 3.91. The number of carbonyl (C=O) groups is 3. The molecule has 6 aromatic rings. The topological polar surface area (TPSA) is 213 Å². The van der Waals surface area contributed by atoms with Crippen LogP contribution in [0.1, 0.15) is 78.5 Å². The maximum absolute atomic E-state index is 14.2. The molecule has 436 valence electrons. The zero-order valence-corrected chi connectivity index (χ0v) is 47.6. The Bertz CT molecular complexity index is 3450. The summed E-state index contributed by atoms with van der Waals surface area (Å²) >= 11 is 6.81. The van der Waals surface area contributed by atoms with Crippen LogP contribution in [0.3, 0.4) is 0 Å². The summed E-state index contributed by atoms with van der Waals surface area (Å²) in [5.41, 5.74) is 4.72. The molecule has 0 spiro atoms. The smallest absolute Gasteiger partial charge is 0.405 e. The second-order valence-corrected chi connectivity index (χ2v) is 22.7. The van der Waals surface area contributed by atoms with E-state index in [1.807, 2.05) is 68.5 Å². The fraction of sp³-hybridized carbons (Fsp3) is 0.433. The Labute approximate surface area is 484 Å². The van der Waals surface area contributed by atoms with Crippen molar-refractivity contribution in [2.24, 2.45) is 5.92 Å². The molecule has 0 radical (unpaired) electrons. The third-order valence-electron chi connectivity index (χ3n) is 16.6. The SMILES string of the molecule is C=CC(=O)N1CCN(c2nc(OC[C@@H]3C[C@@H](N(C)C(=O)C4CCN(Cc5ccc(-n6c(C(=O)NCC(F)(F)F)nnc6-c6cc(C(C)C)c(O)cc6O)cc5)CC4)CN3C)nc3c2CCN(c2cccc4cccc(Cl)c24)C3)CC1CC#N. The standard InChI is InChI=1S/C60H67ClF3N13O6/c1-6-52(80)76-26-25-75(32-41(76)17-21-65)54-44-20-24-74(49-12-8-10-38-9-7-11-47(61)53(38)49)33-48(44)67-59(68-54)83-34-43-27-42(31-71(43)4)72(5)58(82)39-18-22-73(23-19-39)30-37-13-15-40(16-14-37)77-55(46-28-45(36(2)3)50(78)29-51(46)79)69-70-56(77)57(81)66-35-60(62,63)64/h6-16,28-29,36,39,41-43,78-79H,1,17-20,22-27,30-35H2,2-5H3,(H,66,81)/t41?,42-,43+/m1/s1. The van der Waals surface area contributed by atoms with Crippen molar-refractivity contribution in [3.8, 4) is 40.7 Å². The summed E-state index contributed by atoms with van der Waals surface area (Å²) < 4.78 is 47.3. The molecule has 0 aliphatic carbocycles. The fourth-order valence-electron chi connectivity index (χ4n) is 12.1. The normalized spacial score (nSPS) is 19.0. The number of fused-ring (bicyclic) bond motifs is 2. The number of piperidine rings is 1. The lowest BCUT2D eigenvalue weighted by Crippen LogP contribution is -2.55. The number of hydrogen-bond acceptors (Lipinski definition) is 15. The molecule has 4 aliphatic heterocycles. The molecule has 10 rings (SSSR count). The van der Waals surface area contributed by atoms with E-state index in [1.165, 1.54) is 16.7 Å². The number of nitrogens with one attached hydrogen (secondary N) is 1. The first-order chi connectivity index (χ1) is 39.8. The van der Waals surface area contributed by atoms with Crippen molar-refractivity contribution in [3.05, 3.63) is 119 Å². The number of likely N-dealkylation sites (tertiary alicyclic amines) is 2. The van der Waals surface area contributed by atoms with Gasteiger partial charge in [0.15, 0.2) is 5.82 Å². The molecule has 3 fully saturated rings. The molecule has 23 heteroatoms. The molecule has 83 heavy (non-hydrogen) atoms. The van der Waals surface area contributed by atoms with Crippen molar-refractivity contribution in [1.82, 2.24) is 49.6 Å². The second kappa shape index (κ2) is 24.4. The van der Waals surface area contributed by atoms with Crippen LogP contribution in [-0.2, 0) is 29.1 Å². The number of likely N-dealkylation sites (N-methyl/N-ethyl adjacent to an activating group) is 2. The Morgan fingerprint density at radius 2 is 1.70 bits per heavy atom. The Kier molecular flexibility index (Phi) is 17.1. The molecule has 2 aromatic heterocycles. The number of aromatic nitrogens is 5. The number of rotatable bonds is 16. The molecule has 0 bridgehead atoms. The maximum atomic E-state index is 14.2. The zero-order valence-electron chi connectivity index (χ0n) is 46.8. The maximum Gasteiger partial charge on any atom is 0.405 e. The number of hydrogen-bond donors (Lipinski definition) is 3. The van der Waals surface area contributed by atoms with Crippen molar-refractivity contribution in [1.29, 1.82) is 5.26 Å². The third-order valence-corrected chi connectivity index (χ3v) is 16.9. The van der Waals surface area contributed by atoms with Gasteiger partial charge < -0.3 is 39.9 Å². The Hall–Kier alpha value is -8.00. The van der Waals surface area contributed by atoms with Crippen molar-refractivity contribution < 1.29 is 42.5 Å². The van der Waals surface area contributed by atoms with Crippen molar-refractivity contribution in [2.45, 2.75) is 89.3 Å². The van der Waals surface area contributed by atoms with Crippen molar-refractivity contribution in [3.63, 3.8) is 0 Å². The molecule has 3 saturated heterocycles. The zero-order chi connectivity index (χ0) is 58.9. The highest BCUT2D eigenvalue weighted by atomic mass is 35.5. The first kappa shape index (κ1) is 58.2. The lowest BCUT2D eigenvalue weighted by Gasteiger charge is -2.42. The second-order valence-electron chi connectivity index (χ2n) is 22.3. The Balaban J connectivity index is 0.783. The monoisotopic (exact) mass is 1160 g/mol. The Morgan fingerprint density at radius 1 is 0.952 bits per heavy atom. The van der Waals surface area contributed by atoms with Crippen LogP contribution in [0.25, 0.3) is 27.8 Å². The number of piperazine rings is 1. The van der Waals surface area contributed by atoms with Gasteiger partial charge >= 0.3 is 12.2 Å². The van der Waals surface area contributed by atoms with Gasteiger partial charge in [0.25, 0.3) is 5.91 Å². The summed E-state index contributed by atoms with van der Waals surface area (Å²) in [5, 5.41) is 43.9. The molecular weight excluding hydrogens is 1090 g/mol. The highest BCUT2D eigenvalue weighted by molar-refractivity contribution is 6.36. The minimum absolute atomic E-state index is 0.00967. The van der Waals surface area contributed by atoms with E-state index in [4.69, 9.17) is 26.3 Å². The van der Waals surface area contributed by atoms with Crippen LogP contribution >= 0.6 is 11.6 Å². The number of alkyl halides is 3. The van der Waals surface area contributed by atoms with Crippen LogP contribution in [0.4, 0.5) is 24.7 Å². The minimum Gasteiger partial charge on any atom is -0.508 e. The van der Waals surface area contributed by atoms with Gasteiger partial charge in [-0.15, -0.1) is 10.2 Å². The largest absolute Gasteiger partial charge is 0.508 e. The number of halogens is 4. The van der Waals surface area contributed by atoms with Crippen molar-refractivity contribution >= 4 is 51.6 Å². The van der Waals surface area contributed by atoms with Gasteiger partial charge in [0, 0.05) is 92.7 Å². The summed E-state index contributed by atoms with van der Waals surface area (Å²) in [6, 6.07) is 23.9. The molecule has 6 heterocycles. The lowest BCUT2D eigenvalue weighted by molar-refractivity contribution is -0.137. The minimum atomic E-state index is -4.67. The van der Waals surface area contributed by atoms with Crippen LogP contribution in [0.2, 0.25) is 5.02 Å². The number of phenols is 2. The first-order valence-electron chi connectivity index (χ1n) is 27.9. The molecule has 4 aromatic carbocycles. The Morgan fingerprint density at radius 3 is 2.41 bits per heavy atom. The number of nitrogens with zero attached hydrogens (tertiary/aromatic N) is 12. The van der Waals surface area contributed by atoms with E-state index in [1.54, 1.807) is 17.0 Å². The molecule has 3 amide bonds. The van der Waals surface area contributed by atoms with Gasteiger partial charge in [0.2, 0.25) is 17.6 Å².